The second-order valence-corrected chi connectivity index (χ2v) is 3.47. The maximum Gasteiger partial charge on any atom is 0.276 e. The van der Waals surface area contributed by atoms with E-state index in [1.165, 1.54) is 11.3 Å². The van der Waals surface area contributed by atoms with Gasteiger partial charge in [-0.05, 0) is 0 Å². The van der Waals surface area contributed by atoms with Crippen LogP contribution in [0.3, 0.4) is 0 Å². The summed E-state index contributed by atoms with van der Waals surface area (Å²) in [6.45, 7) is -0.223. The Bertz CT molecular complexity index is 399. The minimum Gasteiger partial charge on any atom is -0.417 e. The van der Waals surface area contributed by atoms with E-state index in [-0.39, 0.29) is 12.5 Å². The van der Waals surface area contributed by atoms with Crippen LogP contribution in [0.2, 0.25) is 0 Å². The lowest BCUT2D eigenvalue weighted by molar-refractivity contribution is 0.248. The largest absolute Gasteiger partial charge is 0.417 e. The minimum atomic E-state index is -0.629. The number of rotatable bonds is 3. The lowest BCUT2D eigenvalue weighted by atomic mass is 10.3. The van der Waals surface area contributed by atoms with Gasteiger partial charge in [-0.3, -0.25) is 0 Å². The first kappa shape index (κ1) is 9.25. The number of aliphatic hydroxyl groups is 1. The number of hydrogen-bond donors (Lipinski definition) is 2. The molecule has 2 heterocycles. The normalized spacial score (nSPS) is 13.0. The van der Waals surface area contributed by atoms with Crippen LogP contribution in [0.15, 0.2) is 16.0 Å². The molecule has 6 nitrogen and oxygen atoms in total. The first-order valence-electron chi connectivity index (χ1n) is 3.91. The van der Waals surface area contributed by atoms with E-state index >= 15 is 0 Å². The summed E-state index contributed by atoms with van der Waals surface area (Å²) in [4.78, 5) is 4.00. The quantitative estimate of drug-likeness (QED) is 0.753. The van der Waals surface area contributed by atoms with Gasteiger partial charge in [0.2, 0.25) is 5.89 Å². The highest BCUT2D eigenvalue weighted by atomic mass is 32.1. The predicted octanol–water partition coefficient (Wildman–Crippen LogP) is 0.185. The van der Waals surface area contributed by atoms with Crippen LogP contribution < -0.4 is 5.73 Å². The third-order valence-corrected chi connectivity index (χ3v) is 2.33. The van der Waals surface area contributed by atoms with Gasteiger partial charge in [0.1, 0.15) is 6.04 Å². The van der Waals surface area contributed by atoms with Crippen molar-refractivity contribution >= 4 is 11.3 Å². The van der Waals surface area contributed by atoms with Crippen LogP contribution in [0.5, 0.6) is 0 Å². The molecule has 2 aromatic rings. The van der Waals surface area contributed by atoms with Crippen LogP contribution in [-0.4, -0.2) is 26.9 Å². The maximum absolute atomic E-state index is 8.76. The molecule has 2 aromatic heterocycles. The molecular weight excluding hydrogens is 204 g/mol. The van der Waals surface area contributed by atoms with Gasteiger partial charge in [0.05, 0.1) is 6.61 Å². The molecule has 0 fully saturated rings. The van der Waals surface area contributed by atoms with Crippen LogP contribution >= 0.6 is 11.3 Å². The van der Waals surface area contributed by atoms with Gasteiger partial charge in [-0.1, -0.05) is 0 Å². The third-order valence-electron chi connectivity index (χ3n) is 1.57. The summed E-state index contributed by atoms with van der Waals surface area (Å²) >= 11 is 1.40. The van der Waals surface area contributed by atoms with Crippen molar-refractivity contribution in [2.75, 3.05) is 6.61 Å². The molecule has 0 aromatic carbocycles. The van der Waals surface area contributed by atoms with Crippen molar-refractivity contribution < 1.29 is 9.52 Å². The summed E-state index contributed by atoms with van der Waals surface area (Å²) in [7, 11) is 0. The SMILES string of the molecule is NC(CO)c1nnc(-c2nccs2)o1. The van der Waals surface area contributed by atoms with E-state index in [1.54, 1.807) is 6.20 Å². The molecule has 7 heteroatoms. The van der Waals surface area contributed by atoms with Crippen LogP contribution in [0.4, 0.5) is 0 Å². The Morgan fingerprint density at radius 1 is 1.57 bits per heavy atom. The van der Waals surface area contributed by atoms with Crippen molar-refractivity contribution in [1.29, 1.82) is 0 Å². The fourth-order valence-electron chi connectivity index (χ4n) is 0.878. The fourth-order valence-corrected chi connectivity index (χ4v) is 1.43. The monoisotopic (exact) mass is 212 g/mol. The lowest BCUT2D eigenvalue weighted by Gasteiger charge is -1.98. The molecule has 0 saturated heterocycles. The molecule has 2 rings (SSSR count). The fraction of sp³-hybridized carbons (Fsp3) is 0.286. The number of nitrogens with two attached hydrogens (primary N) is 1. The molecule has 0 aliphatic heterocycles. The molecule has 1 atom stereocenters. The molecule has 74 valence electrons. The average Bonchev–Trinajstić information content (AvgIpc) is 2.86. The zero-order valence-corrected chi connectivity index (χ0v) is 7.94. The standard InChI is InChI=1S/C7H8N4O2S/c8-4(3-12)5-10-11-6(13-5)7-9-1-2-14-7/h1-2,4,12H,3,8H2. The van der Waals surface area contributed by atoms with Gasteiger partial charge in [0, 0.05) is 11.6 Å². The number of aliphatic hydroxyl groups excluding tert-OH is 1. The molecule has 3 N–H and O–H groups in total. The zero-order valence-electron chi connectivity index (χ0n) is 7.12. The third kappa shape index (κ3) is 1.65. The van der Waals surface area contributed by atoms with E-state index in [4.69, 9.17) is 15.3 Å². The molecule has 14 heavy (non-hydrogen) atoms. The molecule has 1 unspecified atom stereocenters. The highest BCUT2D eigenvalue weighted by Gasteiger charge is 2.15. The van der Waals surface area contributed by atoms with E-state index in [9.17, 15) is 0 Å². The van der Waals surface area contributed by atoms with Crippen molar-refractivity contribution in [1.82, 2.24) is 15.2 Å². The zero-order chi connectivity index (χ0) is 9.97. The molecule has 0 aliphatic rings. The van der Waals surface area contributed by atoms with Crippen LogP contribution in [-0.2, 0) is 0 Å². The summed E-state index contributed by atoms with van der Waals surface area (Å²) < 4.78 is 5.22. The maximum atomic E-state index is 8.76. The molecule has 0 bridgehead atoms. The van der Waals surface area contributed by atoms with Crippen molar-refractivity contribution in [2.45, 2.75) is 6.04 Å². The number of hydrogen-bond acceptors (Lipinski definition) is 7. The average molecular weight is 212 g/mol. The van der Waals surface area contributed by atoms with Crippen molar-refractivity contribution in [3.63, 3.8) is 0 Å². The van der Waals surface area contributed by atoms with Gasteiger partial charge in [0.15, 0.2) is 5.01 Å². The Balaban J connectivity index is 2.26. The van der Waals surface area contributed by atoms with Gasteiger partial charge in [-0.15, -0.1) is 21.5 Å². The highest BCUT2D eigenvalue weighted by molar-refractivity contribution is 7.12. The van der Waals surface area contributed by atoms with Gasteiger partial charge >= 0.3 is 0 Å². The summed E-state index contributed by atoms with van der Waals surface area (Å²) in [5, 5.41) is 18.7. The Kier molecular flexibility index (Phi) is 2.53. The summed E-state index contributed by atoms with van der Waals surface area (Å²) in [5.74, 6) is 0.552. The summed E-state index contributed by atoms with van der Waals surface area (Å²) in [5.41, 5.74) is 5.50. The van der Waals surface area contributed by atoms with Crippen molar-refractivity contribution in [2.24, 2.45) is 5.73 Å². The molecule has 0 aliphatic carbocycles. The van der Waals surface area contributed by atoms with Crippen LogP contribution in [0.25, 0.3) is 10.9 Å². The lowest BCUT2D eigenvalue weighted by Crippen LogP contribution is -2.14. The number of nitrogens with zero attached hydrogens (tertiary/aromatic N) is 3. The molecule has 0 spiro atoms. The highest BCUT2D eigenvalue weighted by Crippen LogP contribution is 2.21. The molecular formula is C7H8N4O2S. The van der Waals surface area contributed by atoms with Crippen molar-refractivity contribution in [3.05, 3.63) is 17.5 Å². The van der Waals surface area contributed by atoms with E-state index in [0.29, 0.717) is 10.9 Å². The van der Waals surface area contributed by atoms with Crippen LogP contribution in [0, 0.1) is 0 Å². The molecule has 0 saturated carbocycles. The first-order valence-corrected chi connectivity index (χ1v) is 4.79. The summed E-state index contributed by atoms with van der Waals surface area (Å²) in [6.07, 6.45) is 1.65. The Labute approximate surface area is 83.4 Å². The number of thiazole rings is 1. The number of aromatic nitrogens is 3. The first-order chi connectivity index (χ1) is 6.81. The smallest absolute Gasteiger partial charge is 0.276 e. The minimum absolute atomic E-state index is 0.220. The second-order valence-electron chi connectivity index (χ2n) is 2.57. The van der Waals surface area contributed by atoms with Gasteiger partial charge < -0.3 is 15.3 Å². The van der Waals surface area contributed by atoms with E-state index in [1.807, 2.05) is 5.38 Å². The van der Waals surface area contributed by atoms with E-state index < -0.39 is 6.04 Å². The van der Waals surface area contributed by atoms with Crippen molar-refractivity contribution in [3.8, 4) is 10.9 Å². The molecule has 0 amide bonds. The van der Waals surface area contributed by atoms with Crippen LogP contribution in [0.1, 0.15) is 11.9 Å². The van der Waals surface area contributed by atoms with Gasteiger partial charge in [0.25, 0.3) is 5.89 Å². The Morgan fingerprint density at radius 2 is 2.43 bits per heavy atom. The summed E-state index contributed by atoms with van der Waals surface area (Å²) in [6, 6.07) is -0.629. The Hall–Kier alpha value is -1.31. The van der Waals surface area contributed by atoms with Gasteiger partial charge in [-0.2, -0.15) is 0 Å². The van der Waals surface area contributed by atoms with E-state index in [0.717, 1.165) is 0 Å². The van der Waals surface area contributed by atoms with E-state index in [2.05, 4.69) is 15.2 Å². The van der Waals surface area contributed by atoms with Gasteiger partial charge in [-0.25, -0.2) is 4.98 Å². The Morgan fingerprint density at radius 3 is 3.07 bits per heavy atom. The predicted molar refractivity (Wildman–Crippen MR) is 49.4 cm³/mol. The second kappa shape index (κ2) is 3.82. The molecule has 0 radical (unpaired) electrons. The topological polar surface area (TPSA) is 98.1 Å².